The Morgan fingerprint density at radius 2 is 1.87 bits per heavy atom. The quantitative estimate of drug-likeness (QED) is 0.482. The first-order valence-electron chi connectivity index (χ1n) is 6.92. The van der Waals surface area contributed by atoms with E-state index in [2.05, 4.69) is 6.58 Å². The van der Waals surface area contributed by atoms with E-state index >= 15 is 0 Å². The first kappa shape index (κ1) is 16.5. The highest BCUT2D eigenvalue weighted by atomic mass is 16.6. The molecule has 1 aromatic rings. The summed E-state index contributed by atoms with van der Waals surface area (Å²) in [5.41, 5.74) is 0.745. The Hall–Kier alpha value is -2.89. The van der Waals surface area contributed by atoms with E-state index in [0.29, 0.717) is 5.57 Å². The second kappa shape index (κ2) is 6.48. The van der Waals surface area contributed by atoms with E-state index in [4.69, 9.17) is 14.2 Å². The van der Waals surface area contributed by atoms with Gasteiger partial charge in [0, 0.05) is 11.1 Å². The standard InChI is InChI=1S/C17H16O6/c1-9(2)15(18)22-13-8-6-5-7-12(13)16(19)23-14-10(3)11(4)21-17(14)20/h5-8,11H,1H2,2-4H3. The van der Waals surface area contributed by atoms with Gasteiger partial charge in [0.2, 0.25) is 5.76 Å². The number of ether oxygens (including phenoxy) is 3. The van der Waals surface area contributed by atoms with Crippen LogP contribution in [0.1, 0.15) is 31.1 Å². The zero-order chi connectivity index (χ0) is 17.1. The Balaban J connectivity index is 2.25. The zero-order valence-corrected chi connectivity index (χ0v) is 13.0. The number of para-hydroxylation sites is 1. The number of hydrogen-bond acceptors (Lipinski definition) is 6. The molecule has 1 aliphatic rings. The van der Waals surface area contributed by atoms with E-state index < -0.39 is 24.0 Å². The van der Waals surface area contributed by atoms with Crippen LogP contribution in [0.5, 0.6) is 5.75 Å². The van der Waals surface area contributed by atoms with Gasteiger partial charge in [0.1, 0.15) is 17.4 Å². The SMILES string of the molecule is C=C(C)C(=O)Oc1ccccc1C(=O)OC1=C(C)C(C)OC1=O. The fourth-order valence-electron chi connectivity index (χ4n) is 1.83. The summed E-state index contributed by atoms with van der Waals surface area (Å²) in [6, 6.07) is 6.08. The summed E-state index contributed by atoms with van der Waals surface area (Å²) in [7, 11) is 0. The first-order chi connectivity index (χ1) is 10.8. The van der Waals surface area contributed by atoms with E-state index in [-0.39, 0.29) is 22.6 Å². The zero-order valence-electron chi connectivity index (χ0n) is 13.0. The maximum absolute atomic E-state index is 12.3. The summed E-state index contributed by atoms with van der Waals surface area (Å²) in [4.78, 5) is 35.6. The highest BCUT2D eigenvalue weighted by molar-refractivity contribution is 5.99. The molecule has 0 fully saturated rings. The van der Waals surface area contributed by atoms with Crippen LogP contribution in [-0.2, 0) is 19.1 Å². The number of carbonyl (C=O) groups is 3. The molecule has 0 bridgehead atoms. The maximum atomic E-state index is 12.3. The molecule has 0 N–H and O–H groups in total. The monoisotopic (exact) mass is 316 g/mol. The molecule has 0 saturated heterocycles. The van der Waals surface area contributed by atoms with Gasteiger partial charge in [-0.05, 0) is 32.9 Å². The minimum atomic E-state index is -0.810. The van der Waals surface area contributed by atoms with Gasteiger partial charge in [-0.1, -0.05) is 18.7 Å². The Morgan fingerprint density at radius 1 is 1.22 bits per heavy atom. The number of benzene rings is 1. The Kier molecular flexibility index (Phi) is 4.64. The highest BCUT2D eigenvalue weighted by Gasteiger charge is 2.32. The van der Waals surface area contributed by atoms with E-state index in [1.165, 1.54) is 19.1 Å². The van der Waals surface area contributed by atoms with Gasteiger partial charge in [0.25, 0.3) is 0 Å². The summed E-state index contributed by atoms with van der Waals surface area (Å²) >= 11 is 0. The second-order valence-corrected chi connectivity index (χ2v) is 5.12. The van der Waals surface area contributed by atoms with Gasteiger partial charge in [0.05, 0.1) is 0 Å². The van der Waals surface area contributed by atoms with Gasteiger partial charge in [-0.2, -0.15) is 0 Å². The van der Waals surface area contributed by atoms with Crippen molar-refractivity contribution in [2.75, 3.05) is 0 Å². The highest BCUT2D eigenvalue weighted by Crippen LogP contribution is 2.26. The van der Waals surface area contributed by atoms with Crippen molar-refractivity contribution in [2.24, 2.45) is 0 Å². The van der Waals surface area contributed by atoms with Crippen LogP contribution in [0.3, 0.4) is 0 Å². The smallest absolute Gasteiger partial charge is 0.375 e. The molecule has 0 spiro atoms. The first-order valence-corrected chi connectivity index (χ1v) is 6.92. The van der Waals surface area contributed by atoms with Gasteiger partial charge in [-0.3, -0.25) is 0 Å². The molecule has 0 amide bonds. The molecular weight excluding hydrogens is 300 g/mol. The van der Waals surface area contributed by atoms with E-state index in [0.717, 1.165) is 0 Å². The summed E-state index contributed by atoms with van der Waals surface area (Å²) in [6.07, 6.45) is -0.443. The fourth-order valence-corrected chi connectivity index (χ4v) is 1.83. The number of rotatable bonds is 4. The van der Waals surface area contributed by atoms with Crippen molar-refractivity contribution in [2.45, 2.75) is 26.9 Å². The molecule has 0 radical (unpaired) electrons. The van der Waals surface area contributed by atoms with Crippen LogP contribution in [0.2, 0.25) is 0 Å². The summed E-state index contributed by atoms with van der Waals surface area (Å²) in [5, 5.41) is 0. The molecule has 1 aliphatic heterocycles. The fraction of sp³-hybridized carbons (Fsp3) is 0.235. The maximum Gasteiger partial charge on any atom is 0.375 e. The molecular formula is C17H16O6. The van der Waals surface area contributed by atoms with Crippen molar-refractivity contribution < 1.29 is 28.6 Å². The molecule has 120 valence electrons. The molecule has 1 unspecified atom stereocenters. The lowest BCUT2D eigenvalue weighted by Gasteiger charge is -2.09. The van der Waals surface area contributed by atoms with Crippen LogP contribution in [0.15, 0.2) is 47.7 Å². The van der Waals surface area contributed by atoms with Crippen molar-refractivity contribution in [3.05, 3.63) is 53.3 Å². The van der Waals surface area contributed by atoms with Crippen molar-refractivity contribution >= 4 is 17.9 Å². The average molecular weight is 316 g/mol. The van der Waals surface area contributed by atoms with Gasteiger partial charge >= 0.3 is 17.9 Å². The Labute approximate surface area is 133 Å². The Bertz CT molecular complexity index is 728. The lowest BCUT2D eigenvalue weighted by Crippen LogP contribution is -2.14. The predicted octanol–water partition coefficient (Wildman–Crippen LogP) is 2.54. The second-order valence-electron chi connectivity index (χ2n) is 5.12. The number of carbonyl (C=O) groups excluding carboxylic acids is 3. The molecule has 0 saturated carbocycles. The van der Waals surface area contributed by atoms with Crippen LogP contribution in [-0.4, -0.2) is 24.0 Å². The summed E-state index contributed by atoms with van der Waals surface area (Å²) < 4.78 is 15.2. The lowest BCUT2D eigenvalue weighted by atomic mass is 10.2. The van der Waals surface area contributed by atoms with Crippen LogP contribution < -0.4 is 4.74 Å². The van der Waals surface area contributed by atoms with Crippen molar-refractivity contribution in [3.63, 3.8) is 0 Å². The minimum Gasteiger partial charge on any atom is -0.452 e. The summed E-state index contributed by atoms with van der Waals surface area (Å²) in [5.74, 6) is -2.27. The van der Waals surface area contributed by atoms with Crippen LogP contribution in [0, 0.1) is 0 Å². The van der Waals surface area contributed by atoms with Gasteiger partial charge in [-0.25, -0.2) is 14.4 Å². The van der Waals surface area contributed by atoms with Crippen molar-refractivity contribution in [3.8, 4) is 5.75 Å². The van der Waals surface area contributed by atoms with Crippen LogP contribution in [0.4, 0.5) is 0 Å². The predicted molar refractivity (Wildman–Crippen MR) is 80.6 cm³/mol. The molecule has 2 rings (SSSR count). The topological polar surface area (TPSA) is 78.9 Å². The Morgan fingerprint density at radius 3 is 2.43 bits per heavy atom. The number of esters is 3. The largest absolute Gasteiger partial charge is 0.452 e. The third-order valence-corrected chi connectivity index (χ3v) is 3.29. The molecule has 23 heavy (non-hydrogen) atoms. The normalized spacial score (nSPS) is 16.8. The van der Waals surface area contributed by atoms with Gasteiger partial charge in [-0.15, -0.1) is 0 Å². The number of cyclic esters (lactones) is 1. The average Bonchev–Trinajstić information content (AvgIpc) is 2.74. The van der Waals surface area contributed by atoms with Crippen molar-refractivity contribution in [1.29, 1.82) is 0 Å². The molecule has 1 heterocycles. The third-order valence-electron chi connectivity index (χ3n) is 3.29. The molecule has 6 heteroatoms. The number of hydrogen-bond donors (Lipinski definition) is 0. The van der Waals surface area contributed by atoms with Crippen molar-refractivity contribution in [1.82, 2.24) is 0 Å². The molecule has 1 aromatic carbocycles. The minimum absolute atomic E-state index is 0.0229. The summed E-state index contributed by atoms with van der Waals surface area (Å²) in [6.45, 7) is 8.29. The van der Waals surface area contributed by atoms with Crippen LogP contribution >= 0.6 is 0 Å². The van der Waals surface area contributed by atoms with E-state index in [1.54, 1.807) is 26.0 Å². The van der Waals surface area contributed by atoms with Crippen LogP contribution in [0.25, 0.3) is 0 Å². The lowest BCUT2D eigenvalue weighted by molar-refractivity contribution is -0.141. The molecule has 0 aliphatic carbocycles. The van der Waals surface area contributed by atoms with Gasteiger partial charge < -0.3 is 14.2 Å². The van der Waals surface area contributed by atoms with Gasteiger partial charge in [0.15, 0.2) is 0 Å². The molecule has 1 atom stereocenters. The van der Waals surface area contributed by atoms with E-state index in [9.17, 15) is 14.4 Å². The van der Waals surface area contributed by atoms with E-state index in [1.807, 2.05) is 0 Å². The third kappa shape index (κ3) is 3.48. The molecule has 0 aromatic heterocycles. The molecule has 6 nitrogen and oxygen atoms in total.